The minimum absolute atomic E-state index is 0.0814. The second-order valence-electron chi connectivity index (χ2n) is 5.02. The van der Waals surface area contributed by atoms with Gasteiger partial charge < -0.3 is 16.3 Å². The van der Waals surface area contributed by atoms with Crippen LogP contribution in [0.2, 0.25) is 0 Å². The maximum Gasteiger partial charge on any atom is 0.251 e. The van der Waals surface area contributed by atoms with Gasteiger partial charge in [-0.25, -0.2) is 0 Å². The van der Waals surface area contributed by atoms with Crippen molar-refractivity contribution in [1.29, 1.82) is 0 Å². The lowest BCUT2D eigenvalue weighted by molar-refractivity contribution is 0.0944. The lowest BCUT2D eigenvalue weighted by Gasteiger charge is -2.23. The first-order valence-electron chi connectivity index (χ1n) is 5.80. The van der Waals surface area contributed by atoms with Crippen LogP contribution in [0, 0.1) is 12.3 Å². The smallest absolute Gasteiger partial charge is 0.251 e. The zero-order valence-corrected chi connectivity index (χ0v) is 12.8. The molecule has 0 heterocycles. The maximum atomic E-state index is 12.0. The van der Waals surface area contributed by atoms with Crippen molar-refractivity contribution in [1.82, 2.24) is 5.32 Å². The molecule has 0 unspecified atom stereocenters. The van der Waals surface area contributed by atoms with E-state index in [1.807, 2.05) is 13.0 Å². The zero-order valence-electron chi connectivity index (χ0n) is 11.2. The Bertz CT molecular complexity index is 513. The summed E-state index contributed by atoms with van der Waals surface area (Å²) in [4.78, 5) is 12.0. The molecule has 0 aromatic heterocycles. The summed E-state index contributed by atoms with van der Waals surface area (Å²) in [6.07, 6.45) is 0. The third kappa shape index (κ3) is 3.96. The van der Waals surface area contributed by atoms with E-state index >= 15 is 0 Å². The summed E-state index contributed by atoms with van der Waals surface area (Å²) in [5.74, 6) is -0.114. The number of aryl methyl sites for hydroxylation is 1. The van der Waals surface area contributed by atoms with Crippen molar-refractivity contribution in [2.75, 3.05) is 6.54 Å². The lowest BCUT2D eigenvalue weighted by Crippen LogP contribution is -2.42. The Kier molecular flexibility index (Phi) is 4.94. The molecule has 0 atom stereocenters. The molecule has 1 amide bonds. The Hall–Kier alpha value is -1.56. The standard InChI is InChI=1S/C13H18BrN3O2/c1-8-4-5-9(6-10(8)14)11(18)16-7-13(2,3)12(15)17-19/h4-6,19H,7H2,1-3H3,(H2,15,17)(H,16,18). The van der Waals surface area contributed by atoms with E-state index in [0.29, 0.717) is 5.56 Å². The van der Waals surface area contributed by atoms with Crippen LogP contribution < -0.4 is 11.1 Å². The third-order valence-electron chi connectivity index (χ3n) is 2.93. The normalized spacial score (nSPS) is 12.3. The van der Waals surface area contributed by atoms with Crippen LogP contribution in [0.25, 0.3) is 0 Å². The van der Waals surface area contributed by atoms with Crippen molar-refractivity contribution in [2.45, 2.75) is 20.8 Å². The fourth-order valence-electron chi connectivity index (χ4n) is 1.36. The van der Waals surface area contributed by atoms with Crippen LogP contribution in [0.4, 0.5) is 0 Å². The molecule has 0 saturated heterocycles. The molecule has 0 bridgehead atoms. The number of amidine groups is 1. The monoisotopic (exact) mass is 327 g/mol. The van der Waals surface area contributed by atoms with Gasteiger partial charge in [-0.05, 0) is 24.6 Å². The Morgan fingerprint density at radius 2 is 2.16 bits per heavy atom. The number of nitrogens with zero attached hydrogens (tertiary/aromatic N) is 1. The van der Waals surface area contributed by atoms with E-state index in [1.54, 1.807) is 26.0 Å². The molecule has 0 saturated carbocycles. The van der Waals surface area contributed by atoms with E-state index in [2.05, 4.69) is 26.4 Å². The van der Waals surface area contributed by atoms with Crippen LogP contribution in [0.15, 0.2) is 27.8 Å². The number of carbonyl (C=O) groups is 1. The molecule has 19 heavy (non-hydrogen) atoms. The molecule has 0 spiro atoms. The quantitative estimate of drug-likeness (QED) is 0.343. The molecule has 104 valence electrons. The summed E-state index contributed by atoms with van der Waals surface area (Å²) in [7, 11) is 0. The van der Waals surface area contributed by atoms with Crippen LogP contribution in [-0.4, -0.2) is 23.5 Å². The van der Waals surface area contributed by atoms with Crippen LogP contribution in [0.1, 0.15) is 29.8 Å². The van der Waals surface area contributed by atoms with Crippen molar-refractivity contribution in [3.05, 3.63) is 33.8 Å². The van der Waals surface area contributed by atoms with Crippen molar-refractivity contribution in [3.63, 3.8) is 0 Å². The Morgan fingerprint density at radius 1 is 1.53 bits per heavy atom. The average molecular weight is 328 g/mol. The summed E-state index contributed by atoms with van der Waals surface area (Å²) in [5.41, 5.74) is 6.58. The summed E-state index contributed by atoms with van der Waals surface area (Å²) >= 11 is 3.39. The van der Waals surface area contributed by atoms with E-state index < -0.39 is 5.41 Å². The highest BCUT2D eigenvalue weighted by atomic mass is 79.9. The number of amides is 1. The number of halogens is 1. The third-order valence-corrected chi connectivity index (χ3v) is 3.78. The van der Waals surface area contributed by atoms with Gasteiger partial charge in [-0.1, -0.05) is 41.0 Å². The summed E-state index contributed by atoms with van der Waals surface area (Å²) in [5, 5.41) is 14.4. The first kappa shape index (κ1) is 15.5. The highest BCUT2D eigenvalue weighted by Gasteiger charge is 2.24. The molecule has 5 nitrogen and oxygen atoms in total. The molecule has 6 heteroatoms. The van der Waals surface area contributed by atoms with Crippen LogP contribution in [-0.2, 0) is 0 Å². The van der Waals surface area contributed by atoms with Gasteiger partial charge in [0, 0.05) is 22.0 Å². The molecule has 1 rings (SSSR count). The van der Waals surface area contributed by atoms with Gasteiger partial charge in [0.1, 0.15) is 5.84 Å². The number of nitrogens with one attached hydrogen (secondary N) is 1. The minimum Gasteiger partial charge on any atom is -0.409 e. The van der Waals surface area contributed by atoms with E-state index in [1.165, 1.54) is 0 Å². The first-order chi connectivity index (χ1) is 8.77. The second-order valence-corrected chi connectivity index (χ2v) is 5.87. The van der Waals surface area contributed by atoms with Gasteiger partial charge in [-0.3, -0.25) is 4.79 Å². The number of hydrogen-bond acceptors (Lipinski definition) is 3. The van der Waals surface area contributed by atoms with Gasteiger partial charge in [0.2, 0.25) is 0 Å². The molecular weight excluding hydrogens is 310 g/mol. The van der Waals surface area contributed by atoms with E-state index in [-0.39, 0.29) is 18.3 Å². The van der Waals surface area contributed by atoms with Crippen LogP contribution in [0.5, 0.6) is 0 Å². The zero-order chi connectivity index (χ0) is 14.6. The molecule has 1 aromatic rings. The summed E-state index contributed by atoms with van der Waals surface area (Å²) in [6, 6.07) is 5.39. The van der Waals surface area contributed by atoms with Gasteiger partial charge in [0.15, 0.2) is 0 Å². The summed E-state index contributed by atoms with van der Waals surface area (Å²) in [6.45, 7) is 5.81. The molecule has 0 aliphatic rings. The largest absolute Gasteiger partial charge is 0.409 e. The Labute approximate surface area is 121 Å². The van der Waals surface area contributed by atoms with Crippen molar-refractivity contribution >= 4 is 27.7 Å². The molecule has 0 aliphatic carbocycles. The van der Waals surface area contributed by atoms with Crippen molar-refractivity contribution in [2.24, 2.45) is 16.3 Å². The SMILES string of the molecule is Cc1ccc(C(=O)NCC(C)(C)/C(N)=N/O)cc1Br. The number of nitrogens with two attached hydrogens (primary N) is 1. The van der Waals surface area contributed by atoms with Gasteiger partial charge in [-0.2, -0.15) is 0 Å². The molecule has 0 fully saturated rings. The van der Waals surface area contributed by atoms with E-state index in [0.717, 1.165) is 10.0 Å². The number of oxime groups is 1. The number of benzene rings is 1. The van der Waals surface area contributed by atoms with E-state index in [4.69, 9.17) is 10.9 Å². The molecule has 4 N–H and O–H groups in total. The first-order valence-corrected chi connectivity index (χ1v) is 6.59. The summed E-state index contributed by atoms with van der Waals surface area (Å²) < 4.78 is 0.885. The Morgan fingerprint density at radius 3 is 2.68 bits per heavy atom. The highest BCUT2D eigenvalue weighted by Crippen LogP contribution is 2.18. The second kappa shape index (κ2) is 6.06. The molecule has 0 aliphatic heterocycles. The van der Waals surface area contributed by atoms with Crippen LogP contribution in [0.3, 0.4) is 0 Å². The Balaban J connectivity index is 2.73. The van der Waals surface area contributed by atoms with Crippen molar-refractivity contribution in [3.8, 4) is 0 Å². The maximum absolute atomic E-state index is 12.0. The lowest BCUT2D eigenvalue weighted by atomic mass is 9.92. The molecule has 1 aromatic carbocycles. The average Bonchev–Trinajstić information content (AvgIpc) is 2.38. The van der Waals surface area contributed by atoms with Crippen molar-refractivity contribution < 1.29 is 10.0 Å². The molecule has 0 radical (unpaired) electrons. The fraction of sp³-hybridized carbons (Fsp3) is 0.385. The van der Waals surface area contributed by atoms with Gasteiger partial charge >= 0.3 is 0 Å². The number of carbonyl (C=O) groups excluding carboxylic acids is 1. The fourth-order valence-corrected chi connectivity index (χ4v) is 1.74. The van der Waals surface area contributed by atoms with Gasteiger partial charge in [-0.15, -0.1) is 0 Å². The van der Waals surface area contributed by atoms with Gasteiger partial charge in [0.05, 0.1) is 0 Å². The minimum atomic E-state index is -0.605. The number of hydrogen-bond donors (Lipinski definition) is 3. The van der Waals surface area contributed by atoms with Crippen LogP contribution >= 0.6 is 15.9 Å². The predicted octanol–water partition coefficient (Wildman–Crippen LogP) is 2.26. The molecular formula is C13H18BrN3O2. The number of rotatable bonds is 4. The van der Waals surface area contributed by atoms with Gasteiger partial charge in [0.25, 0.3) is 5.91 Å². The van der Waals surface area contributed by atoms with E-state index in [9.17, 15) is 4.79 Å². The topological polar surface area (TPSA) is 87.7 Å². The highest BCUT2D eigenvalue weighted by molar-refractivity contribution is 9.10. The predicted molar refractivity (Wildman–Crippen MR) is 78.4 cm³/mol.